The maximum atomic E-state index is 11.8. The van der Waals surface area contributed by atoms with Crippen LogP contribution in [-0.4, -0.2) is 26.8 Å². The lowest BCUT2D eigenvalue weighted by molar-refractivity contribution is -0.126. The first-order chi connectivity index (χ1) is 12.2. The fourth-order valence-electron chi connectivity index (χ4n) is 2.14. The van der Waals surface area contributed by atoms with Gasteiger partial charge in [0.05, 0.1) is 4.90 Å². The van der Waals surface area contributed by atoms with Crippen molar-refractivity contribution in [1.29, 1.82) is 0 Å². The summed E-state index contributed by atoms with van der Waals surface area (Å²) in [4.78, 5) is 23.6. The van der Waals surface area contributed by atoms with Gasteiger partial charge in [-0.25, -0.2) is 13.6 Å². The van der Waals surface area contributed by atoms with Crippen molar-refractivity contribution in [2.24, 2.45) is 5.14 Å². The number of amides is 2. The Hall–Kier alpha value is -2.42. The summed E-state index contributed by atoms with van der Waals surface area (Å²) in [6.07, 6.45) is 0.197. The predicted molar refractivity (Wildman–Crippen MR) is 99.2 cm³/mol. The summed E-state index contributed by atoms with van der Waals surface area (Å²) < 4.78 is 22.3. The van der Waals surface area contributed by atoms with Crippen LogP contribution in [0.15, 0.2) is 53.4 Å². The van der Waals surface area contributed by atoms with Crippen molar-refractivity contribution >= 4 is 39.1 Å². The Kier molecular flexibility index (Phi) is 6.73. The van der Waals surface area contributed by atoms with E-state index in [0.29, 0.717) is 23.7 Å². The lowest BCUT2D eigenvalue weighted by Gasteiger charge is -2.07. The van der Waals surface area contributed by atoms with Gasteiger partial charge in [0.1, 0.15) is 6.42 Å². The molecule has 2 aromatic carbocycles. The first-order valence-electron chi connectivity index (χ1n) is 7.68. The van der Waals surface area contributed by atoms with Crippen LogP contribution in [0.1, 0.15) is 12.0 Å². The minimum atomic E-state index is -3.72. The molecule has 0 unspecified atom stereocenters. The van der Waals surface area contributed by atoms with Gasteiger partial charge in [0.2, 0.25) is 21.8 Å². The molecule has 0 aromatic heterocycles. The second-order valence-electron chi connectivity index (χ2n) is 5.52. The summed E-state index contributed by atoms with van der Waals surface area (Å²) in [6, 6.07) is 12.6. The van der Waals surface area contributed by atoms with Crippen LogP contribution in [0.2, 0.25) is 5.02 Å². The number of hydrogen-bond acceptors (Lipinski definition) is 4. The fourth-order valence-corrected chi connectivity index (χ4v) is 2.78. The number of carbonyl (C=O) groups is 2. The topological polar surface area (TPSA) is 118 Å². The predicted octanol–water partition coefficient (Wildman–Crippen LogP) is 1.67. The number of rotatable bonds is 7. The third kappa shape index (κ3) is 6.47. The van der Waals surface area contributed by atoms with Crippen molar-refractivity contribution in [3.05, 3.63) is 59.1 Å². The molecule has 0 aliphatic heterocycles. The monoisotopic (exact) mass is 395 g/mol. The van der Waals surface area contributed by atoms with Crippen LogP contribution in [0.5, 0.6) is 0 Å². The van der Waals surface area contributed by atoms with Gasteiger partial charge in [-0.15, -0.1) is 0 Å². The van der Waals surface area contributed by atoms with E-state index in [-0.39, 0.29) is 11.3 Å². The summed E-state index contributed by atoms with van der Waals surface area (Å²) in [5.41, 5.74) is 1.39. The van der Waals surface area contributed by atoms with Crippen molar-refractivity contribution in [1.82, 2.24) is 5.32 Å². The van der Waals surface area contributed by atoms with Gasteiger partial charge in [0.15, 0.2) is 0 Å². The number of nitrogens with one attached hydrogen (secondary N) is 2. The van der Waals surface area contributed by atoms with E-state index in [2.05, 4.69) is 10.6 Å². The van der Waals surface area contributed by atoms with Gasteiger partial charge in [-0.1, -0.05) is 23.7 Å². The molecule has 4 N–H and O–H groups in total. The Bertz CT molecular complexity index is 881. The summed E-state index contributed by atoms with van der Waals surface area (Å²) in [6.45, 7) is 0.321. The number of anilines is 1. The summed E-state index contributed by atoms with van der Waals surface area (Å²) in [5, 5.41) is 10.8. The van der Waals surface area contributed by atoms with Crippen LogP contribution in [-0.2, 0) is 26.0 Å². The molecule has 9 heteroatoms. The van der Waals surface area contributed by atoms with E-state index in [4.69, 9.17) is 16.7 Å². The number of carbonyl (C=O) groups excluding carboxylic acids is 2. The van der Waals surface area contributed by atoms with E-state index < -0.39 is 21.8 Å². The molecule has 0 spiro atoms. The van der Waals surface area contributed by atoms with Crippen molar-refractivity contribution in [3.8, 4) is 0 Å². The zero-order valence-corrected chi connectivity index (χ0v) is 15.3. The minimum Gasteiger partial charge on any atom is -0.355 e. The van der Waals surface area contributed by atoms with E-state index in [1.54, 1.807) is 36.4 Å². The first-order valence-corrected chi connectivity index (χ1v) is 9.60. The van der Waals surface area contributed by atoms with E-state index in [9.17, 15) is 18.0 Å². The third-order valence-corrected chi connectivity index (χ3v) is 4.62. The van der Waals surface area contributed by atoms with Crippen LogP contribution in [0, 0.1) is 0 Å². The Labute approximate surface area is 156 Å². The number of nitrogens with two attached hydrogens (primary N) is 1. The number of hydrogen-bond donors (Lipinski definition) is 3. The third-order valence-electron chi connectivity index (χ3n) is 3.44. The first kappa shape index (κ1) is 19.9. The van der Waals surface area contributed by atoms with Crippen molar-refractivity contribution in [2.75, 3.05) is 11.9 Å². The molecule has 2 amide bonds. The standard InChI is InChI=1S/C17H18ClN3O4S/c18-13-3-5-14(6-4-13)21-17(23)11-16(22)20-10-9-12-1-7-15(8-2-12)26(19,24)25/h1-8H,9-11H2,(H,20,22)(H,21,23)(H2,19,24,25). The molecule has 26 heavy (non-hydrogen) atoms. The molecule has 0 saturated heterocycles. The highest BCUT2D eigenvalue weighted by Crippen LogP contribution is 2.13. The van der Waals surface area contributed by atoms with Crippen LogP contribution in [0.3, 0.4) is 0 Å². The van der Waals surface area contributed by atoms with Crippen LogP contribution < -0.4 is 15.8 Å². The zero-order valence-electron chi connectivity index (χ0n) is 13.7. The molecule has 138 valence electrons. The van der Waals surface area contributed by atoms with Crippen molar-refractivity contribution in [2.45, 2.75) is 17.7 Å². The van der Waals surface area contributed by atoms with E-state index in [1.807, 2.05) is 0 Å². The van der Waals surface area contributed by atoms with Crippen LogP contribution in [0.25, 0.3) is 0 Å². The smallest absolute Gasteiger partial charge is 0.238 e. The molecule has 0 saturated carbocycles. The second-order valence-corrected chi connectivity index (χ2v) is 7.52. The molecule has 2 rings (SSSR count). The lowest BCUT2D eigenvalue weighted by Crippen LogP contribution is -2.29. The summed E-state index contributed by atoms with van der Waals surface area (Å²) in [7, 11) is -3.72. The van der Waals surface area contributed by atoms with Gasteiger partial charge in [0, 0.05) is 17.3 Å². The van der Waals surface area contributed by atoms with Crippen molar-refractivity contribution in [3.63, 3.8) is 0 Å². The second kappa shape index (κ2) is 8.79. The maximum absolute atomic E-state index is 11.8. The minimum absolute atomic E-state index is 0.0316. The molecule has 0 radical (unpaired) electrons. The highest BCUT2D eigenvalue weighted by Gasteiger charge is 2.10. The Balaban J connectivity index is 1.74. The van der Waals surface area contributed by atoms with Gasteiger partial charge >= 0.3 is 0 Å². The molecular formula is C17H18ClN3O4S. The van der Waals surface area contributed by atoms with E-state index in [0.717, 1.165) is 5.56 Å². The van der Waals surface area contributed by atoms with Gasteiger partial charge in [-0.05, 0) is 48.4 Å². The number of benzene rings is 2. The van der Waals surface area contributed by atoms with E-state index >= 15 is 0 Å². The van der Waals surface area contributed by atoms with Crippen molar-refractivity contribution < 1.29 is 18.0 Å². The van der Waals surface area contributed by atoms with Gasteiger partial charge in [-0.2, -0.15) is 0 Å². The largest absolute Gasteiger partial charge is 0.355 e. The van der Waals surface area contributed by atoms with Crippen LogP contribution in [0.4, 0.5) is 5.69 Å². The summed E-state index contributed by atoms with van der Waals surface area (Å²) >= 11 is 5.76. The maximum Gasteiger partial charge on any atom is 0.238 e. The number of primary sulfonamides is 1. The van der Waals surface area contributed by atoms with E-state index in [1.165, 1.54) is 12.1 Å². The lowest BCUT2D eigenvalue weighted by atomic mass is 10.1. The molecule has 0 fully saturated rings. The highest BCUT2D eigenvalue weighted by molar-refractivity contribution is 7.89. The molecule has 0 aliphatic rings. The molecule has 0 heterocycles. The fraction of sp³-hybridized carbons (Fsp3) is 0.176. The Morgan fingerprint density at radius 1 is 0.962 bits per heavy atom. The van der Waals surface area contributed by atoms with Gasteiger partial charge in [-0.3, -0.25) is 9.59 Å². The zero-order chi connectivity index (χ0) is 19.2. The Morgan fingerprint density at radius 3 is 2.15 bits per heavy atom. The average molecular weight is 396 g/mol. The van der Waals surface area contributed by atoms with Gasteiger partial charge < -0.3 is 10.6 Å². The normalized spacial score (nSPS) is 11.0. The highest BCUT2D eigenvalue weighted by atomic mass is 35.5. The summed E-state index contributed by atoms with van der Waals surface area (Å²) in [5.74, 6) is -0.833. The molecule has 2 aromatic rings. The molecule has 0 atom stereocenters. The molecule has 7 nitrogen and oxygen atoms in total. The Morgan fingerprint density at radius 2 is 1.58 bits per heavy atom. The average Bonchev–Trinajstić information content (AvgIpc) is 2.56. The van der Waals surface area contributed by atoms with Crippen LogP contribution >= 0.6 is 11.6 Å². The molecular weight excluding hydrogens is 378 g/mol. The molecule has 0 bridgehead atoms. The SMILES string of the molecule is NS(=O)(=O)c1ccc(CCNC(=O)CC(=O)Nc2ccc(Cl)cc2)cc1. The van der Waals surface area contributed by atoms with Gasteiger partial charge in [0.25, 0.3) is 0 Å². The number of sulfonamides is 1. The quantitative estimate of drug-likeness (QED) is 0.618. The number of halogens is 1. The molecule has 0 aliphatic carbocycles.